The minimum Gasteiger partial charge on any atom is -0.465 e. The molecular weight excluding hydrogens is 1010 g/mol. The molecule has 71 heavy (non-hydrogen) atoms. The molecule has 1 amide bonds. The van der Waals surface area contributed by atoms with Gasteiger partial charge in [0.15, 0.2) is 43.9 Å². The zero-order valence-electron chi connectivity index (χ0n) is 39.2. The normalized spacial score (nSPS) is 24.9. The van der Waals surface area contributed by atoms with Crippen LogP contribution in [0.4, 0.5) is 21.6 Å². The van der Waals surface area contributed by atoms with Gasteiger partial charge in [0, 0.05) is 5.56 Å². The van der Waals surface area contributed by atoms with Crippen molar-refractivity contribution in [2.75, 3.05) is 49.3 Å². The van der Waals surface area contributed by atoms with Crippen LogP contribution >= 0.6 is 14.5 Å². The van der Waals surface area contributed by atoms with Gasteiger partial charge in [0.1, 0.15) is 36.8 Å². The highest BCUT2D eigenvalue weighted by Crippen LogP contribution is 2.56. The number of ether oxygens (including phenoxy) is 3. The summed E-state index contributed by atoms with van der Waals surface area (Å²) in [4.78, 5) is 49.4. The lowest BCUT2D eigenvalue weighted by Crippen LogP contribution is -2.54. The molecule has 5 heterocycles. The highest BCUT2D eigenvalue weighted by Gasteiger charge is 2.56. The van der Waals surface area contributed by atoms with Crippen LogP contribution in [0.1, 0.15) is 60.6 Å². The molecule has 2 fully saturated rings. The van der Waals surface area contributed by atoms with Gasteiger partial charge in [-0.25, -0.2) is 28.7 Å². The van der Waals surface area contributed by atoms with Crippen molar-refractivity contribution in [3.8, 4) is 12.1 Å². The molecule has 0 spiro atoms. The van der Waals surface area contributed by atoms with E-state index in [1.807, 2.05) is 39.9 Å². The molecule has 0 saturated carbocycles. The third-order valence-electron chi connectivity index (χ3n) is 12.0. The number of halogens is 1. The first-order valence-corrected chi connectivity index (χ1v) is 29.0. The predicted molar refractivity (Wildman–Crippen MR) is 256 cm³/mol. The smallest absolute Gasteiger partial charge is 0.465 e. The fourth-order valence-electron chi connectivity index (χ4n) is 7.45. The molecule has 2 aromatic heterocycles. The van der Waals surface area contributed by atoms with Crippen LogP contribution in [-0.4, -0.2) is 126 Å². The van der Waals surface area contributed by atoms with Crippen LogP contribution in [0.5, 0.6) is 0 Å². The van der Waals surface area contributed by atoms with Gasteiger partial charge in [-0.3, -0.25) is 27.9 Å². The number of phosphoric ester groups is 1. The molecule has 0 aliphatic carbocycles. The maximum absolute atomic E-state index is 17.1. The van der Waals surface area contributed by atoms with Crippen molar-refractivity contribution in [3.05, 3.63) is 72.3 Å². The van der Waals surface area contributed by atoms with Gasteiger partial charge < -0.3 is 48.4 Å². The number of benzene rings is 2. The molecular formula is C42H53FN10O14P2SSi. The number of fused-ring (bicyclic) bond motifs is 2. The molecule has 2 aromatic carbocycles. The number of carbonyl (C=O) groups excluding carboxylic acids is 2. The van der Waals surface area contributed by atoms with Crippen LogP contribution in [0.2, 0.25) is 18.1 Å². The molecule has 0 radical (unpaired) electrons. The Morgan fingerprint density at radius 3 is 2.34 bits per heavy atom. The Morgan fingerprint density at radius 2 is 1.66 bits per heavy atom. The maximum atomic E-state index is 17.1. The van der Waals surface area contributed by atoms with E-state index in [1.54, 1.807) is 54.6 Å². The zero-order valence-corrected chi connectivity index (χ0v) is 42.8. The lowest BCUT2D eigenvalue weighted by molar-refractivity contribution is -0.0493. The molecule has 382 valence electrons. The average molecular weight is 1060 g/mol. The fraction of sp³-hybridized carbons (Fsp3) is 0.500. The summed E-state index contributed by atoms with van der Waals surface area (Å²) in [6, 6.07) is 16.9. The minimum absolute atomic E-state index is 0.00848. The summed E-state index contributed by atoms with van der Waals surface area (Å²) < 4.78 is 85.6. The Kier molecular flexibility index (Phi) is 17.1. The zero-order chi connectivity index (χ0) is 51.3. The number of amides is 1. The molecule has 24 nitrogen and oxygen atoms in total. The van der Waals surface area contributed by atoms with Crippen molar-refractivity contribution >= 4 is 74.9 Å². The van der Waals surface area contributed by atoms with Crippen molar-refractivity contribution in [1.82, 2.24) is 25.1 Å². The lowest BCUT2D eigenvalue weighted by atomic mass is 10.1. The largest absolute Gasteiger partial charge is 0.472 e. The van der Waals surface area contributed by atoms with Gasteiger partial charge in [-0.15, -0.1) is 5.53 Å². The van der Waals surface area contributed by atoms with Crippen LogP contribution in [-0.2, 0) is 57.6 Å². The monoisotopic (exact) mass is 1060 g/mol. The van der Waals surface area contributed by atoms with Gasteiger partial charge in [0.05, 0.1) is 81.8 Å². The first-order valence-electron chi connectivity index (χ1n) is 22.0. The molecule has 7 rings (SSSR count). The number of para-hydroxylation sites is 1. The molecule has 29 heteroatoms. The average Bonchev–Trinajstić information content (AvgIpc) is 4.12. The third-order valence-corrected chi connectivity index (χ3v) is 19.8. The topological polar surface area (TPSA) is 305 Å². The highest BCUT2D eigenvalue weighted by molar-refractivity contribution is 8.07. The number of nitriles is 2. The lowest BCUT2D eigenvalue weighted by Gasteiger charge is -2.41. The Hall–Kier alpha value is -4.90. The molecule has 0 bridgehead atoms. The van der Waals surface area contributed by atoms with E-state index < -0.39 is 104 Å². The van der Waals surface area contributed by atoms with Crippen molar-refractivity contribution in [2.45, 2.75) is 101 Å². The molecule has 3 aliphatic rings. The number of nitrogens with zero attached hydrogens (tertiary/aromatic N) is 7. The van der Waals surface area contributed by atoms with Gasteiger partial charge in [-0.2, -0.15) is 10.5 Å². The van der Waals surface area contributed by atoms with E-state index in [0.717, 1.165) is 6.33 Å². The summed E-state index contributed by atoms with van der Waals surface area (Å²) >= 11 is 6.05. The molecule has 10 atom stereocenters. The molecule has 2 saturated heterocycles. The molecule has 3 aliphatic heterocycles. The van der Waals surface area contributed by atoms with Crippen molar-refractivity contribution in [2.24, 2.45) is 0 Å². The van der Waals surface area contributed by atoms with E-state index >= 15 is 4.39 Å². The minimum atomic E-state index is -5.11. The number of hydrazine groups is 2. The van der Waals surface area contributed by atoms with Crippen LogP contribution in [0.15, 0.2) is 61.2 Å². The number of rotatable bonds is 21. The summed E-state index contributed by atoms with van der Waals surface area (Å²) in [7, 11) is -6.62. The number of alkyl halides is 1. The Labute approximate surface area is 413 Å². The second-order valence-corrected chi connectivity index (χ2v) is 26.7. The summed E-state index contributed by atoms with van der Waals surface area (Å²) in [5.74, 6) is -1.16. The van der Waals surface area contributed by atoms with E-state index in [4.69, 9.17) is 58.3 Å². The van der Waals surface area contributed by atoms with Gasteiger partial charge in [-0.05, 0) is 54.2 Å². The number of carbonyl (C=O) groups is 2. The van der Waals surface area contributed by atoms with Gasteiger partial charge in [-0.1, -0.05) is 45.0 Å². The number of imidazole rings is 1. The van der Waals surface area contributed by atoms with Crippen LogP contribution in [0, 0.1) is 22.7 Å². The second-order valence-electron chi connectivity index (χ2n) is 17.6. The number of esters is 1. The Morgan fingerprint density at radius 1 is 0.958 bits per heavy atom. The van der Waals surface area contributed by atoms with Crippen LogP contribution < -0.4 is 21.3 Å². The van der Waals surface area contributed by atoms with Crippen LogP contribution in [0.3, 0.4) is 0 Å². The van der Waals surface area contributed by atoms with Crippen molar-refractivity contribution < 1.29 is 69.8 Å². The highest BCUT2D eigenvalue weighted by atomic mass is 32.5. The fourth-order valence-corrected chi connectivity index (χ4v) is 11.8. The second kappa shape index (κ2) is 22.5. The number of hydrogen-bond donors (Lipinski definition) is 5. The van der Waals surface area contributed by atoms with E-state index in [9.17, 15) is 29.4 Å². The van der Waals surface area contributed by atoms with Crippen molar-refractivity contribution in [3.63, 3.8) is 0 Å². The number of aromatic nitrogens is 4. The quantitative estimate of drug-likeness (QED) is 0.0296. The van der Waals surface area contributed by atoms with Gasteiger partial charge in [0.25, 0.3) is 5.91 Å². The number of aliphatic hydroxyl groups excluding tert-OH is 1. The first-order chi connectivity index (χ1) is 33.7. The van der Waals surface area contributed by atoms with E-state index in [1.165, 1.54) is 23.0 Å². The number of anilines is 3. The van der Waals surface area contributed by atoms with E-state index in [0.29, 0.717) is 16.9 Å². The van der Waals surface area contributed by atoms with Gasteiger partial charge >= 0.3 is 20.5 Å². The Bertz CT molecular complexity index is 2750. The summed E-state index contributed by atoms with van der Waals surface area (Å²) in [5, 5.41) is 33.2. The van der Waals surface area contributed by atoms with E-state index in [2.05, 4.69) is 31.2 Å². The Balaban J connectivity index is 1.23. The van der Waals surface area contributed by atoms with Gasteiger partial charge in [0.2, 0.25) is 0 Å². The SMILES string of the molecule is COC(=O)c1cccc2c1NNN2[C@@H]1O[C@H](CO)C(O[Si](C)(C)C(C)(C)C)[C@H]1OP(=S)(OCCC#N)OC[C@H]1O[C@@H](n2cnc3c(NC(=O)c4ccccc4)ncnc32)[C@H](F)[C@@H]1OP(=O)(O)OCCC#N. The maximum Gasteiger partial charge on any atom is 0.472 e. The first kappa shape index (κ1) is 53.9. The third kappa shape index (κ3) is 12.0. The molecule has 5 N–H and O–H groups in total. The summed E-state index contributed by atoms with van der Waals surface area (Å²) in [6.07, 6.45) is -10.3. The molecule has 4 aromatic rings. The summed E-state index contributed by atoms with van der Waals surface area (Å²) in [6.45, 7) is 3.63. The summed E-state index contributed by atoms with van der Waals surface area (Å²) in [5.41, 5.74) is 7.24. The number of phosphoric acid groups is 1. The molecule has 3 unspecified atom stereocenters. The number of nitrogens with one attached hydrogen (secondary N) is 3. The number of hydrogen-bond acceptors (Lipinski definition) is 22. The van der Waals surface area contributed by atoms with Crippen molar-refractivity contribution in [1.29, 1.82) is 10.5 Å². The number of aliphatic hydroxyl groups is 1. The number of methoxy groups -OCH3 is 1. The van der Waals surface area contributed by atoms with Crippen LogP contribution in [0.25, 0.3) is 11.2 Å². The standard InChI is InChI=1S/C42H53FN10O14P2SSi/c1-42(2,3)71(5,6)67-34-28(21-54)63-40(53-27-16-10-15-26(41(56)59-4)31(27)50-51-53)35(34)66-69(70,61-20-12-18-45)62-22-29-33(65-68(57,58)60-19-11-17-44)30(43)39(64-29)52-24-48-32-36(46-23-47-37(32)52)49-38(55)25-13-8-7-9-14-25/h7-10,13-16,23-24,28-30,33-35,39-40,50-51,54H,11-12,19-22H2,1-6H3,(H,57,58)(H,46,47,49,55)/t28-,29-,30-,33-,34?,35-,39-,40-,69?/m1/s1. The predicted octanol–water partition coefficient (Wildman–Crippen LogP) is 5.53. The van der Waals surface area contributed by atoms with E-state index in [-0.39, 0.29) is 47.0 Å².